The normalized spacial score (nSPS) is 17.0. The molecule has 1 aliphatic rings. The van der Waals surface area contributed by atoms with Crippen molar-refractivity contribution in [3.63, 3.8) is 0 Å². The van der Waals surface area contributed by atoms with E-state index in [4.69, 9.17) is 4.74 Å². The van der Waals surface area contributed by atoms with E-state index in [9.17, 15) is 4.79 Å². The summed E-state index contributed by atoms with van der Waals surface area (Å²) in [5.74, 6) is 1.53. The molecule has 0 aromatic carbocycles. The lowest BCUT2D eigenvalue weighted by Gasteiger charge is -2.18. The predicted octanol–water partition coefficient (Wildman–Crippen LogP) is 3.57. The summed E-state index contributed by atoms with van der Waals surface area (Å²) in [5.41, 5.74) is 1.43. The van der Waals surface area contributed by atoms with Gasteiger partial charge in [0.1, 0.15) is 17.0 Å². The quantitative estimate of drug-likeness (QED) is 0.647. The summed E-state index contributed by atoms with van der Waals surface area (Å²) in [4.78, 5) is 22.8. The molecular weight excluding hydrogens is 310 g/mol. The number of aryl methyl sites for hydroxylation is 1. The van der Waals surface area contributed by atoms with Crippen molar-refractivity contribution in [1.82, 2.24) is 9.97 Å². The molecule has 124 valence electrons. The second-order valence-electron chi connectivity index (χ2n) is 6.09. The smallest absolute Gasteiger partial charge is 0.305 e. The van der Waals surface area contributed by atoms with Gasteiger partial charge in [0.05, 0.1) is 12.0 Å². The van der Waals surface area contributed by atoms with Crippen molar-refractivity contribution < 1.29 is 9.53 Å². The van der Waals surface area contributed by atoms with Crippen molar-refractivity contribution >= 4 is 33.3 Å². The van der Waals surface area contributed by atoms with Gasteiger partial charge in [0.15, 0.2) is 0 Å². The molecule has 1 aliphatic carbocycles. The number of esters is 1. The summed E-state index contributed by atoms with van der Waals surface area (Å²) in [7, 11) is 0. The molecule has 5 nitrogen and oxygen atoms in total. The number of carbonyl (C=O) groups is 1. The minimum Gasteiger partial charge on any atom is -0.466 e. The molecule has 0 radical (unpaired) electrons. The van der Waals surface area contributed by atoms with Gasteiger partial charge in [-0.3, -0.25) is 4.79 Å². The zero-order chi connectivity index (χ0) is 16.2. The Labute approximate surface area is 140 Å². The molecule has 0 unspecified atom stereocenters. The lowest BCUT2D eigenvalue weighted by atomic mass is 9.89. The van der Waals surface area contributed by atoms with Crippen molar-refractivity contribution in [3.8, 4) is 0 Å². The van der Waals surface area contributed by atoms with Gasteiger partial charge in [0, 0.05) is 17.8 Å². The van der Waals surface area contributed by atoms with E-state index < -0.39 is 0 Å². The molecule has 0 saturated carbocycles. The Balaban J connectivity index is 1.70. The molecule has 1 atom stereocenters. The molecule has 1 N–H and O–H groups in total. The van der Waals surface area contributed by atoms with E-state index in [1.165, 1.54) is 22.2 Å². The number of nitrogens with one attached hydrogen (secondary N) is 1. The molecule has 0 fully saturated rings. The van der Waals surface area contributed by atoms with Crippen LogP contribution in [0.3, 0.4) is 0 Å². The van der Waals surface area contributed by atoms with Gasteiger partial charge < -0.3 is 10.1 Å². The lowest BCUT2D eigenvalue weighted by molar-refractivity contribution is -0.143. The first kappa shape index (κ1) is 16.2. The third-order valence-electron chi connectivity index (χ3n) is 4.25. The van der Waals surface area contributed by atoms with Crippen LogP contribution in [-0.2, 0) is 22.4 Å². The molecule has 0 bridgehead atoms. The predicted molar refractivity (Wildman–Crippen MR) is 93.0 cm³/mol. The Hall–Kier alpha value is -1.69. The third kappa shape index (κ3) is 3.63. The van der Waals surface area contributed by atoms with Gasteiger partial charge in [-0.25, -0.2) is 9.97 Å². The van der Waals surface area contributed by atoms with Crippen LogP contribution < -0.4 is 5.32 Å². The minimum atomic E-state index is -0.135. The highest BCUT2D eigenvalue weighted by molar-refractivity contribution is 7.19. The fourth-order valence-corrected chi connectivity index (χ4v) is 4.43. The zero-order valence-corrected chi connectivity index (χ0v) is 14.5. The SMILES string of the molecule is CCOC(=O)CCCNc1ncnc2sc3c(c12)CC[C@@H](C)C3. The molecule has 2 aromatic heterocycles. The summed E-state index contributed by atoms with van der Waals surface area (Å²) < 4.78 is 4.95. The van der Waals surface area contributed by atoms with Gasteiger partial charge in [0.25, 0.3) is 0 Å². The monoisotopic (exact) mass is 333 g/mol. The molecule has 23 heavy (non-hydrogen) atoms. The van der Waals surface area contributed by atoms with E-state index in [-0.39, 0.29) is 5.97 Å². The van der Waals surface area contributed by atoms with Gasteiger partial charge in [-0.15, -0.1) is 11.3 Å². The molecule has 3 rings (SSSR count). The number of anilines is 1. The van der Waals surface area contributed by atoms with Gasteiger partial charge in [-0.1, -0.05) is 6.92 Å². The molecule has 2 heterocycles. The zero-order valence-electron chi connectivity index (χ0n) is 13.7. The van der Waals surface area contributed by atoms with Crippen LogP contribution in [0.25, 0.3) is 10.2 Å². The second-order valence-corrected chi connectivity index (χ2v) is 7.17. The number of carbonyl (C=O) groups excluding carboxylic acids is 1. The van der Waals surface area contributed by atoms with E-state index in [1.54, 1.807) is 17.7 Å². The summed E-state index contributed by atoms with van der Waals surface area (Å²) in [6, 6.07) is 0. The molecule has 2 aromatic rings. The number of thiophene rings is 1. The first-order valence-electron chi connectivity index (χ1n) is 8.33. The van der Waals surface area contributed by atoms with Crippen molar-refractivity contribution in [3.05, 3.63) is 16.8 Å². The Morgan fingerprint density at radius 1 is 1.48 bits per heavy atom. The van der Waals surface area contributed by atoms with Crippen LogP contribution in [0.4, 0.5) is 5.82 Å². The molecule has 6 heteroatoms. The highest BCUT2D eigenvalue weighted by Crippen LogP contribution is 2.39. The highest BCUT2D eigenvalue weighted by Gasteiger charge is 2.22. The van der Waals surface area contributed by atoms with Crippen LogP contribution in [0.15, 0.2) is 6.33 Å². The van der Waals surface area contributed by atoms with Crippen LogP contribution in [-0.4, -0.2) is 29.1 Å². The molecule has 0 amide bonds. The van der Waals surface area contributed by atoms with Gasteiger partial charge >= 0.3 is 5.97 Å². The van der Waals surface area contributed by atoms with Crippen LogP contribution in [0.1, 0.15) is 43.6 Å². The standard InChI is InChI=1S/C17H23N3O2S/c1-3-22-14(21)5-4-8-18-16-15-12-7-6-11(2)9-13(12)23-17(15)20-10-19-16/h10-11H,3-9H2,1-2H3,(H,18,19,20)/t11-/m1/s1. The maximum Gasteiger partial charge on any atom is 0.305 e. The number of rotatable bonds is 6. The van der Waals surface area contributed by atoms with Gasteiger partial charge in [-0.05, 0) is 44.1 Å². The van der Waals surface area contributed by atoms with E-state index in [0.29, 0.717) is 19.6 Å². The van der Waals surface area contributed by atoms with Crippen LogP contribution in [0.2, 0.25) is 0 Å². The largest absolute Gasteiger partial charge is 0.466 e. The van der Waals surface area contributed by atoms with E-state index in [2.05, 4.69) is 22.2 Å². The fraction of sp³-hybridized carbons (Fsp3) is 0.588. The number of nitrogens with zero attached hydrogens (tertiary/aromatic N) is 2. The minimum absolute atomic E-state index is 0.135. The Kier molecular flexibility index (Phi) is 5.10. The molecule has 0 spiro atoms. The van der Waals surface area contributed by atoms with E-state index >= 15 is 0 Å². The lowest BCUT2D eigenvalue weighted by Crippen LogP contribution is -2.11. The first-order chi connectivity index (χ1) is 11.2. The third-order valence-corrected chi connectivity index (χ3v) is 5.41. The Bertz CT molecular complexity index is 698. The number of fused-ring (bicyclic) bond motifs is 3. The average Bonchev–Trinajstić information content (AvgIpc) is 2.89. The first-order valence-corrected chi connectivity index (χ1v) is 9.15. The van der Waals surface area contributed by atoms with Crippen molar-refractivity contribution in [2.75, 3.05) is 18.5 Å². The fourth-order valence-electron chi connectivity index (χ4n) is 3.08. The van der Waals surface area contributed by atoms with Crippen molar-refractivity contribution in [2.45, 2.75) is 46.0 Å². The average molecular weight is 333 g/mol. The number of ether oxygens (including phenoxy) is 1. The summed E-state index contributed by atoms with van der Waals surface area (Å²) >= 11 is 1.80. The van der Waals surface area contributed by atoms with Gasteiger partial charge in [0.2, 0.25) is 0 Å². The highest BCUT2D eigenvalue weighted by atomic mass is 32.1. The van der Waals surface area contributed by atoms with Crippen molar-refractivity contribution in [2.24, 2.45) is 5.92 Å². The van der Waals surface area contributed by atoms with Crippen LogP contribution in [0.5, 0.6) is 0 Å². The molecular formula is C17H23N3O2S. The van der Waals surface area contributed by atoms with E-state index in [0.717, 1.165) is 35.8 Å². The van der Waals surface area contributed by atoms with Crippen LogP contribution >= 0.6 is 11.3 Å². The van der Waals surface area contributed by atoms with E-state index in [1.807, 2.05) is 6.92 Å². The maximum absolute atomic E-state index is 11.4. The molecule has 0 saturated heterocycles. The summed E-state index contributed by atoms with van der Waals surface area (Å²) in [6.45, 7) is 5.30. The number of hydrogen-bond donors (Lipinski definition) is 1. The topological polar surface area (TPSA) is 64.1 Å². The molecule has 0 aliphatic heterocycles. The number of hydrogen-bond acceptors (Lipinski definition) is 6. The van der Waals surface area contributed by atoms with Crippen molar-refractivity contribution in [1.29, 1.82) is 0 Å². The summed E-state index contributed by atoms with van der Waals surface area (Å²) in [6.07, 6.45) is 6.31. The van der Waals surface area contributed by atoms with Crippen LogP contribution in [0, 0.1) is 5.92 Å². The Morgan fingerprint density at radius 3 is 3.17 bits per heavy atom. The Morgan fingerprint density at radius 2 is 2.35 bits per heavy atom. The maximum atomic E-state index is 11.4. The van der Waals surface area contributed by atoms with Gasteiger partial charge in [-0.2, -0.15) is 0 Å². The summed E-state index contributed by atoms with van der Waals surface area (Å²) in [5, 5.41) is 4.57. The number of aromatic nitrogens is 2. The second kappa shape index (κ2) is 7.25.